The Morgan fingerprint density at radius 1 is 0.274 bits per heavy atom. The molecule has 0 saturated heterocycles. The van der Waals surface area contributed by atoms with Crippen molar-refractivity contribution >= 4 is 17.9 Å². The van der Waals surface area contributed by atoms with E-state index >= 15 is 0 Å². The first kappa shape index (κ1) is 70.4. The van der Waals surface area contributed by atoms with Gasteiger partial charge in [-0.25, -0.2) is 0 Å². The van der Waals surface area contributed by atoms with Crippen molar-refractivity contribution in [1.82, 2.24) is 0 Å². The number of rotatable bonds is 59. The number of carbonyl (C=O) groups excluding carboxylic acids is 3. The molecule has 6 nitrogen and oxygen atoms in total. The van der Waals surface area contributed by atoms with E-state index in [9.17, 15) is 14.4 Å². The van der Waals surface area contributed by atoms with Crippen molar-refractivity contribution in [1.29, 1.82) is 0 Å². The summed E-state index contributed by atoms with van der Waals surface area (Å²) in [4.78, 5) is 38.2. The van der Waals surface area contributed by atoms with Crippen LogP contribution in [0.1, 0.15) is 342 Å². The molecule has 0 bridgehead atoms. The van der Waals surface area contributed by atoms with Gasteiger partial charge in [0.05, 0.1) is 0 Å². The third-order valence-corrected chi connectivity index (χ3v) is 14.3. The van der Waals surface area contributed by atoms with E-state index in [0.717, 1.165) is 77.0 Å². The zero-order chi connectivity index (χ0) is 52.9. The molecular weight excluding hydrogens is 901 g/mol. The summed E-state index contributed by atoms with van der Waals surface area (Å²) in [5.74, 6) is -0.864. The summed E-state index contributed by atoms with van der Waals surface area (Å²) in [7, 11) is 0. The maximum atomic E-state index is 12.9. The Morgan fingerprint density at radius 2 is 0.493 bits per heavy atom. The third kappa shape index (κ3) is 60.1. The summed E-state index contributed by atoms with van der Waals surface area (Å²) < 4.78 is 16.9. The highest BCUT2D eigenvalue weighted by Gasteiger charge is 2.19. The fourth-order valence-electron chi connectivity index (χ4n) is 9.45. The number of carbonyl (C=O) groups is 3. The molecule has 73 heavy (non-hydrogen) atoms. The Bertz CT molecular complexity index is 1270. The van der Waals surface area contributed by atoms with Gasteiger partial charge in [-0.2, -0.15) is 0 Å². The molecule has 0 amide bonds. The van der Waals surface area contributed by atoms with Gasteiger partial charge in [0, 0.05) is 19.3 Å². The highest BCUT2D eigenvalue weighted by Crippen LogP contribution is 2.17. The van der Waals surface area contributed by atoms with Gasteiger partial charge in [-0.1, -0.05) is 288 Å². The van der Waals surface area contributed by atoms with Gasteiger partial charge in [0.25, 0.3) is 0 Å². The van der Waals surface area contributed by atoms with Crippen LogP contribution in [-0.4, -0.2) is 37.2 Å². The molecule has 6 heteroatoms. The van der Waals surface area contributed by atoms with Gasteiger partial charge in [0.1, 0.15) is 13.2 Å². The Balaban J connectivity index is 4.23. The summed E-state index contributed by atoms with van der Waals surface area (Å²) >= 11 is 0. The molecule has 1 atom stereocenters. The molecule has 0 radical (unpaired) electrons. The van der Waals surface area contributed by atoms with Crippen molar-refractivity contribution in [3.05, 3.63) is 48.6 Å². The molecule has 0 aromatic carbocycles. The lowest BCUT2D eigenvalue weighted by molar-refractivity contribution is -0.167. The van der Waals surface area contributed by atoms with Crippen molar-refractivity contribution in [2.75, 3.05) is 13.2 Å². The smallest absolute Gasteiger partial charge is 0.306 e. The molecule has 426 valence electrons. The standard InChI is InChI=1S/C67H122O6/c1-4-7-10-13-16-19-22-25-28-29-30-31-32-33-34-35-36-37-38-39-40-43-45-48-51-54-57-60-66(69)72-63-64(73-67(70)61-58-55-52-49-46-42-27-24-21-18-15-12-9-6-3)62-71-65(68)59-56-53-50-47-44-41-26-23-20-17-14-11-8-5-2/h22,24-25,27,29-30,32-33,64H,4-21,23,26,28,31,34-63H2,1-3H3/b25-22-,27-24-,30-29-,33-32-. The average Bonchev–Trinajstić information content (AvgIpc) is 3.39. The fraction of sp³-hybridized carbons (Fsp3) is 0.836. The second kappa shape index (κ2) is 61.9. The van der Waals surface area contributed by atoms with Crippen molar-refractivity contribution in [2.24, 2.45) is 0 Å². The van der Waals surface area contributed by atoms with Crippen molar-refractivity contribution in [2.45, 2.75) is 348 Å². The summed E-state index contributed by atoms with van der Waals surface area (Å²) in [5, 5.41) is 0. The van der Waals surface area contributed by atoms with E-state index in [1.54, 1.807) is 0 Å². The van der Waals surface area contributed by atoms with Crippen molar-refractivity contribution in [3.8, 4) is 0 Å². The van der Waals surface area contributed by atoms with Gasteiger partial charge < -0.3 is 14.2 Å². The number of unbranched alkanes of at least 4 members (excludes halogenated alkanes) is 40. The van der Waals surface area contributed by atoms with Crippen molar-refractivity contribution in [3.63, 3.8) is 0 Å². The van der Waals surface area contributed by atoms with Crippen LogP contribution in [0.4, 0.5) is 0 Å². The van der Waals surface area contributed by atoms with E-state index in [0.29, 0.717) is 19.3 Å². The molecule has 0 spiro atoms. The molecule has 0 fully saturated rings. The maximum absolute atomic E-state index is 12.9. The molecule has 0 aliphatic carbocycles. The average molecular weight is 1020 g/mol. The lowest BCUT2D eigenvalue weighted by Gasteiger charge is -2.18. The van der Waals surface area contributed by atoms with Gasteiger partial charge in [0.15, 0.2) is 6.10 Å². The lowest BCUT2D eigenvalue weighted by atomic mass is 10.0. The highest BCUT2D eigenvalue weighted by atomic mass is 16.6. The molecular formula is C67H122O6. The minimum atomic E-state index is -0.776. The Morgan fingerprint density at radius 3 is 0.781 bits per heavy atom. The first-order valence-electron chi connectivity index (χ1n) is 32.1. The summed E-state index contributed by atoms with van der Waals surface area (Å²) in [6.45, 7) is 6.66. The molecule has 0 aliphatic rings. The van der Waals surface area contributed by atoms with Crippen LogP contribution in [0.25, 0.3) is 0 Å². The molecule has 0 aromatic rings. The van der Waals surface area contributed by atoms with Gasteiger partial charge >= 0.3 is 17.9 Å². The predicted octanol–water partition coefficient (Wildman–Crippen LogP) is 21.8. The van der Waals surface area contributed by atoms with Crippen LogP contribution in [0, 0.1) is 0 Å². The lowest BCUT2D eigenvalue weighted by Crippen LogP contribution is -2.30. The van der Waals surface area contributed by atoms with E-state index in [1.807, 2.05) is 0 Å². The van der Waals surface area contributed by atoms with Crippen molar-refractivity contribution < 1.29 is 28.6 Å². The van der Waals surface area contributed by atoms with Gasteiger partial charge in [-0.3, -0.25) is 14.4 Å². The number of esters is 3. The quantitative estimate of drug-likeness (QED) is 0.0261. The zero-order valence-electron chi connectivity index (χ0n) is 48.9. The first-order chi connectivity index (χ1) is 36.0. The SMILES string of the molecule is CCCCCCC/C=C\C/C=C\C/C=C\CCCCCCCCCCCCCCC(=O)OCC(COC(=O)CCCCCCCCCCCCCCCC)OC(=O)CCCCCCC/C=C\CCCCCCC. The second-order valence-electron chi connectivity index (χ2n) is 21.7. The van der Waals surface area contributed by atoms with E-state index < -0.39 is 6.10 Å². The van der Waals surface area contributed by atoms with Crippen LogP contribution in [0.3, 0.4) is 0 Å². The molecule has 1 unspecified atom stereocenters. The topological polar surface area (TPSA) is 78.9 Å². The van der Waals surface area contributed by atoms with E-state index in [1.165, 1.54) is 225 Å². The molecule has 0 N–H and O–H groups in total. The van der Waals surface area contributed by atoms with Crippen LogP contribution in [0.5, 0.6) is 0 Å². The molecule has 0 aliphatic heterocycles. The van der Waals surface area contributed by atoms with Gasteiger partial charge in [0.2, 0.25) is 0 Å². The predicted molar refractivity (Wildman–Crippen MR) is 316 cm³/mol. The van der Waals surface area contributed by atoms with Gasteiger partial charge in [-0.15, -0.1) is 0 Å². The Hall–Kier alpha value is -2.63. The number of allylic oxidation sites excluding steroid dienone is 8. The number of ether oxygens (including phenoxy) is 3. The summed E-state index contributed by atoms with van der Waals surface area (Å²) in [6.07, 6.45) is 76.9. The largest absolute Gasteiger partial charge is 0.462 e. The summed E-state index contributed by atoms with van der Waals surface area (Å²) in [5.41, 5.74) is 0. The monoisotopic (exact) mass is 1020 g/mol. The minimum absolute atomic E-state index is 0.0728. The van der Waals surface area contributed by atoms with Gasteiger partial charge in [-0.05, 0) is 83.5 Å². The summed E-state index contributed by atoms with van der Waals surface area (Å²) in [6, 6.07) is 0. The second-order valence-corrected chi connectivity index (χ2v) is 21.7. The molecule has 0 saturated carbocycles. The van der Waals surface area contributed by atoms with E-state index in [-0.39, 0.29) is 31.1 Å². The van der Waals surface area contributed by atoms with Crippen LogP contribution < -0.4 is 0 Å². The minimum Gasteiger partial charge on any atom is -0.462 e. The first-order valence-corrected chi connectivity index (χ1v) is 32.1. The normalized spacial score (nSPS) is 12.3. The third-order valence-electron chi connectivity index (χ3n) is 14.3. The molecule has 0 heterocycles. The molecule has 0 rings (SSSR count). The maximum Gasteiger partial charge on any atom is 0.306 e. The van der Waals surface area contributed by atoms with E-state index in [2.05, 4.69) is 69.4 Å². The van der Waals surface area contributed by atoms with E-state index in [4.69, 9.17) is 14.2 Å². The van der Waals surface area contributed by atoms with Crippen LogP contribution in [-0.2, 0) is 28.6 Å². The molecule has 0 aromatic heterocycles. The van der Waals surface area contributed by atoms with Crippen LogP contribution >= 0.6 is 0 Å². The fourth-order valence-corrected chi connectivity index (χ4v) is 9.45. The van der Waals surface area contributed by atoms with Crippen LogP contribution in [0.2, 0.25) is 0 Å². The zero-order valence-corrected chi connectivity index (χ0v) is 48.9. The number of hydrogen-bond donors (Lipinski definition) is 0. The Labute approximate surface area is 454 Å². The number of hydrogen-bond acceptors (Lipinski definition) is 6. The Kier molecular flexibility index (Phi) is 59.7. The highest BCUT2D eigenvalue weighted by molar-refractivity contribution is 5.71. The van der Waals surface area contributed by atoms with Crippen LogP contribution in [0.15, 0.2) is 48.6 Å².